The van der Waals surface area contributed by atoms with E-state index < -0.39 is 9.84 Å². The van der Waals surface area contributed by atoms with Crippen molar-refractivity contribution in [3.8, 4) is 0 Å². The molecule has 0 saturated carbocycles. The fourth-order valence-corrected chi connectivity index (χ4v) is 4.58. The molecule has 0 radical (unpaired) electrons. The maximum atomic E-state index is 13.0. The van der Waals surface area contributed by atoms with Crippen molar-refractivity contribution in [2.75, 3.05) is 19.3 Å². The standard InChI is InChI=1S/C17H21N7O3S/c1-11-13(7-20-22(11)2)16(25)23-6-4-5-12(9-23)15-14(28(3,26)27)8-18-17-19-10-21-24(15)17/h7-8,10,12H,4-6,9H2,1-3H3. The molecule has 4 heterocycles. The van der Waals surface area contributed by atoms with Crippen LogP contribution in [-0.2, 0) is 16.9 Å². The number of sulfone groups is 1. The number of likely N-dealkylation sites (tertiary alicyclic amines) is 1. The Morgan fingerprint density at radius 1 is 1.21 bits per heavy atom. The van der Waals surface area contributed by atoms with Crippen LogP contribution in [0.5, 0.6) is 0 Å². The highest BCUT2D eigenvalue weighted by atomic mass is 32.2. The first-order chi connectivity index (χ1) is 13.3. The molecular weight excluding hydrogens is 382 g/mol. The van der Waals surface area contributed by atoms with Gasteiger partial charge in [-0.3, -0.25) is 9.48 Å². The summed E-state index contributed by atoms with van der Waals surface area (Å²) in [5.74, 6) is 0.0562. The highest BCUT2D eigenvalue weighted by Crippen LogP contribution is 2.32. The molecule has 4 rings (SSSR count). The third-order valence-corrected chi connectivity index (χ3v) is 6.38. The Morgan fingerprint density at radius 2 is 2.00 bits per heavy atom. The SMILES string of the molecule is Cc1c(C(=O)N2CCCC(c3c(S(C)(=O)=O)cnc4ncnn34)C2)cnn1C. The molecule has 1 unspecified atom stereocenters. The molecule has 0 aliphatic carbocycles. The van der Waals surface area contributed by atoms with Gasteiger partial charge in [0.15, 0.2) is 9.84 Å². The Kier molecular flexibility index (Phi) is 4.41. The number of nitrogens with zero attached hydrogens (tertiary/aromatic N) is 7. The molecule has 0 spiro atoms. The van der Waals surface area contributed by atoms with Gasteiger partial charge < -0.3 is 4.90 Å². The first-order valence-corrected chi connectivity index (χ1v) is 10.8. The number of amides is 1. The lowest BCUT2D eigenvalue weighted by Gasteiger charge is -2.33. The van der Waals surface area contributed by atoms with Gasteiger partial charge in [-0.05, 0) is 19.8 Å². The fraction of sp³-hybridized carbons (Fsp3) is 0.471. The van der Waals surface area contributed by atoms with Crippen LogP contribution in [0.15, 0.2) is 23.6 Å². The van der Waals surface area contributed by atoms with Gasteiger partial charge in [0.1, 0.15) is 11.2 Å². The summed E-state index contributed by atoms with van der Waals surface area (Å²) in [4.78, 5) is 23.1. The van der Waals surface area contributed by atoms with Crippen molar-refractivity contribution in [2.45, 2.75) is 30.6 Å². The van der Waals surface area contributed by atoms with Crippen LogP contribution in [-0.4, -0.2) is 67.9 Å². The van der Waals surface area contributed by atoms with E-state index in [0.717, 1.165) is 24.8 Å². The first-order valence-electron chi connectivity index (χ1n) is 8.94. The Morgan fingerprint density at radius 3 is 2.68 bits per heavy atom. The van der Waals surface area contributed by atoms with Crippen LogP contribution in [0.4, 0.5) is 0 Å². The number of aryl methyl sites for hydroxylation is 1. The summed E-state index contributed by atoms with van der Waals surface area (Å²) in [6.45, 7) is 2.86. The molecule has 0 N–H and O–H groups in total. The topological polar surface area (TPSA) is 115 Å². The Labute approximate surface area is 162 Å². The van der Waals surface area contributed by atoms with Crippen molar-refractivity contribution < 1.29 is 13.2 Å². The summed E-state index contributed by atoms with van der Waals surface area (Å²) < 4.78 is 27.8. The predicted molar refractivity (Wildman–Crippen MR) is 99.7 cm³/mol. The maximum absolute atomic E-state index is 13.0. The highest BCUT2D eigenvalue weighted by molar-refractivity contribution is 7.90. The van der Waals surface area contributed by atoms with Crippen molar-refractivity contribution in [1.29, 1.82) is 0 Å². The van der Waals surface area contributed by atoms with E-state index in [9.17, 15) is 13.2 Å². The third kappa shape index (κ3) is 3.05. The zero-order valence-electron chi connectivity index (χ0n) is 15.9. The summed E-state index contributed by atoms with van der Waals surface area (Å²) >= 11 is 0. The van der Waals surface area contributed by atoms with Gasteiger partial charge in [0.2, 0.25) is 0 Å². The van der Waals surface area contributed by atoms with Gasteiger partial charge in [-0.25, -0.2) is 13.4 Å². The predicted octanol–water partition coefficient (Wildman–Crippen LogP) is 0.590. The zero-order chi connectivity index (χ0) is 20.1. The van der Waals surface area contributed by atoms with Crippen LogP contribution in [0.25, 0.3) is 5.78 Å². The fourth-order valence-electron chi connectivity index (χ4n) is 3.70. The monoisotopic (exact) mass is 403 g/mol. The normalized spacial score (nSPS) is 18.0. The highest BCUT2D eigenvalue weighted by Gasteiger charge is 2.32. The third-order valence-electron chi connectivity index (χ3n) is 5.27. The van der Waals surface area contributed by atoms with Crippen LogP contribution < -0.4 is 0 Å². The second kappa shape index (κ2) is 6.66. The lowest BCUT2D eigenvalue weighted by atomic mass is 9.94. The van der Waals surface area contributed by atoms with Crippen LogP contribution in [0.1, 0.15) is 40.5 Å². The van der Waals surface area contributed by atoms with Crippen molar-refractivity contribution in [1.82, 2.24) is 34.3 Å². The molecule has 10 nitrogen and oxygen atoms in total. The van der Waals surface area contributed by atoms with Crippen LogP contribution >= 0.6 is 0 Å². The Balaban J connectivity index is 1.73. The molecule has 1 amide bonds. The summed E-state index contributed by atoms with van der Waals surface area (Å²) in [5, 5.41) is 8.32. The number of carbonyl (C=O) groups excluding carboxylic acids is 1. The molecule has 1 atom stereocenters. The maximum Gasteiger partial charge on any atom is 0.257 e. The van der Waals surface area contributed by atoms with Gasteiger partial charge in [0.25, 0.3) is 11.7 Å². The molecule has 11 heteroatoms. The molecule has 1 aliphatic rings. The minimum Gasteiger partial charge on any atom is -0.338 e. The van der Waals surface area contributed by atoms with E-state index >= 15 is 0 Å². The van der Waals surface area contributed by atoms with E-state index in [-0.39, 0.29) is 16.7 Å². The second-order valence-electron chi connectivity index (χ2n) is 7.11. The van der Waals surface area contributed by atoms with Crippen LogP contribution in [0.2, 0.25) is 0 Å². The summed E-state index contributed by atoms with van der Waals surface area (Å²) in [6, 6.07) is 0. The summed E-state index contributed by atoms with van der Waals surface area (Å²) in [5.41, 5.74) is 1.89. The number of carbonyl (C=O) groups is 1. The lowest BCUT2D eigenvalue weighted by molar-refractivity contribution is 0.0703. The molecule has 1 fully saturated rings. The van der Waals surface area contributed by atoms with Gasteiger partial charge in [-0.1, -0.05) is 0 Å². The van der Waals surface area contributed by atoms with Gasteiger partial charge in [0, 0.05) is 38.0 Å². The molecule has 3 aromatic rings. The molecule has 0 aromatic carbocycles. The smallest absolute Gasteiger partial charge is 0.257 e. The van der Waals surface area contributed by atoms with Gasteiger partial charge in [-0.15, -0.1) is 0 Å². The number of rotatable bonds is 3. The van der Waals surface area contributed by atoms with Crippen LogP contribution in [0, 0.1) is 6.92 Å². The first kappa shape index (κ1) is 18.5. The van der Waals surface area contributed by atoms with Crippen molar-refractivity contribution in [3.05, 3.63) is 35.7 Å². The average Bonchev–Trinajstić information content (AvgIpc) is 3.27. The van der Waals surface area contributed by atoms with Gasteiger partial charge in [0.05, 0.1) is 23.7 Å². The van der Waals surface area contributed by atoms with E-state index in [1.807, 2.05) is 6.92 Å². The molecule has 3 aromatic heterocycles. The van der Waals surface area contributed by atoms with Gasteiger partial charge >= 0.3 is 0 Å². The molecule has 1 aliphatic heterocycles. The van der Waals surface area contributed by atoms with Crippen LogP contribution in [0.3, 0.4) is 0 Å². The minimum absolute atomic E-state index is 0.0971. The summed E-state index contributed by atoms with van der Waals surface area (Å²) in [7, 11) is -1.72. The molecule has 0 bridgehead atoms. The molecular formula is C17H21N7O3S. The number of hydrogen-bond acceptors (Lipinski definition) is 7. The summed E-state index contributed by atoms with van der Waals surface area (Å²) in [6.07, 6.45) is 6.92. The van der Waals surface area contributed by atoms with E-state index in [0.29, 0.717) is 30.1 Å². The van der Waals surface area contributed by atoms with E-state index in [2.05, 4.69) is 20.2 Å². The Hall–Kier alpha value is -2.82. The zero-order valence-corrected chi connectivity index (χ0v) is 16.7. The van der Waals surface area contributed by atoms with Crippen molar-refractivity contribution in [2.24, 2.45) is 7.05 Å². The lowest BCUT2D eigenvalue weighted by Crippen LogP contribution is -2.40. The largest absolute Gasteiger partial charge is 0.338 e. The molecule has 148 valence electrons. The number of fused-ring (bicyclic) bond motifs is 1. The number of hydrogen-bond donors (Lipinski definition) is 0. The quantitative estimate of drug-likeness (QED) is 0.628. The van der Waals surface area contributed by atoms with E-state index in [4.69, 9.17) is 0 Å². The van der Waals surface area contributed by atoms with E-state index in [1.165, 1.54) is 17.0 Å². The number of piperidine rings is 1. The van der Waals surface area contributed by atoms with Crippen molar-refractivity contribution in [3.63, 3.8) is 0 Å². The molecule has 1 saturated heterocycles. The molecule has 28 heavy (non-hydrogen) atoms. The van der Waals surface area contributed by atoms with Gasteiger partial charge in [-0.2, -0.15) is 19.7 Å². The average molecular weight is 403 g/mol. The second-order valence-corrected chi connectivity index (χ2v) is 9.09. The van der Waals surface area contributed by atoms with E-state index in [1.54, 1.807) is 22.8 Å². The minimum atomic E-state index is -3.51. The Bertz CT molecular complexity index is 1160. The van der Waals surface area contributed by atoms with Crippen molar-refractivity contribution >= 4 is 21.5 Å². The number of aromatic nitrogens is 6.